The average molecular weight is 391 g/mol. The first-order chi connectivity index (χ1) is 14.1. The van der Waals surface area contributed by atoms with Gasteiger partial charge in [0, 0.05) is 23.5 Å². The van der Waals surface area contributed by atoms with E-state index < -0.39 is 0 Å². The minimum absolute atomic E-state index is 0.0562. The summed E-state index contributed by atoms with van der Waals surface area (Å²) in [6, 6.07) is 19.4. The van der Waals surface area contributed by atoms with Crippen LogP contribution >= 0.6 is 0 Å². The maximum Gasteiger partial charge on any atom is 0.282 e. The highest BCUT2D eigenvalue weighted by molar-refractivity contribution is 5.94. The molecule has 1 N–H and O–H groups in total. The molecule has 1 aliphatic rings. The van der Waals surface area contributed by atoms with E-state index in [0.717, 1.165) is 43.1 Å². The maximum atomic E-state index is 12.9. The number of carbonyl (C=O) groups is 2. The summed E-state index contributed by atoms with van der Waals surface area (Å²) in [5, 5.41) is 8.93. The average Bonchev–Trinajstić information content (AvgIpc) is 2.75. The molecule has 1 saturated heterocycles. The number of carbonyl (C=O) groups excluding carboxylic acids is 2. The Hall–Kier alpha value is -3.17. The predicted molar refractivity (Wildman–Crippen MR) is 113 cm³/mol. The van der Waals surface area contributed by atoms with E-state index in [4.69, 9.17) is 5.26 Å². The number of nitrogens with one attached hydrogen (secondary N) is 1. The van der Waals surface area contributed by atoms with E-state index in [2.05, 4.69) is 11.0 Å². The molecular weight excluding hydrogens is 364 g/mol. The van der Waals surface area contributed by atoms with Crippen LogP contribution in [0.25, 0.3) is 0 Å². The van der Waals surface area contributed by atoms with Crippen molar-refractivity contribution in [2.24, 2.45) is 0 Å². The number of piperazine rings is 1. The van der Waals surface area contributed by atoms with Gasteiger partial charge in [0.2, 0.25) is 0 Å². The third kappa shape index (κ3) is 5.43. The number of anilines is 2. The highest BCUT2D eigenvalue weighted by Gasteiger charge is 2.25. The molecule has 0 radical (unpaired) electrons. The lowest BCUT2D eigenvalue weighted by atomic mass is 10.1. The van der Waals surface area contributed by atoms with Crippen LogP contribution in [-0.2, 0) is 4.79 Å². The molecule has 0 aliphatic carbocycles. The lowest BCUT2D eigenvalue weighted by molar-refractivity contribution is -0.892. The predicted octanol–water partition coefficient (Wildman–Crippen LogP) is 1.54. The lowest BCUT2D eigenvalue weighted by Crippen LogP contribution is -3.16. The summed E-state index contributed by atoms with van der Waals surface area (Å²) in [5.41, 5.74) is 2.68. The van der Waals surface area contributed by atoms with Gasteiger partial charge in [-0.05, 0) is 43.3 Å². The summed E-state index contributed by atoms with van der Waals surface area (Å²) in [6.45, 7) is 5.90. The van der Waals surface area contributed by atoms with Gasteiger partial charge in [0.25, 0.3) is 5.91 Å². The summed E-state index contributed by atoms with van der Waals surface area (Å²) < 4.78 is 0. The molecule has 0 atom stereocenters. The fourth-order valence-electron chi connectivity index (χ4n) is 3.64. The Labute approximate surface area is 171 Å². The number of quaternary nitrogens is 1. The summed E-state index contributed by atoms with van der Waals surface area (Å²) in [4.78, 5) is 29.6. The Balaban J connectivity index is 1.56. The number of Topliss-reactive ketones (excluding diaryl/α,β-unsaturated/α-hetero) is 1. The molecule has 0 unspecified atom stereocenters. The Bertz CT molecular complexity index is 866. The minimum Gasteiger partial charge on any atom is -0.360 e. The fraction of sp³-hybridized carbons (Fsp3) is 0.348. The minimum atomic E-state index is 0.0562. The molecule has 0 aromatic heterocycles. The van der Waals surface area contributed by atoms with Gasteiger partial charge < -0.3 is 14.7 Å². The number of hydrogen-bond acceptors (Lipinski definition) is 4. The zero-order valence-corrected chi connectivity index (χ0v) is 16.8. The van der Waals surface area contributed by atoms with Gasteiger partial charge in [-0.25, -0.2) is 0 Å². The number of rotatable bonds is 7. The number of ketones is 1. The molecule has 6 nitrogen and oxygen atoms in total. The van der Waals surface area contributed by atoms with E-state index in [9.17, 15) is 9.59 Å². The van der Waals surface area contributed by atoms with Crippen LogP contribution in [0.1, 0.15) is 23.7 Å². The van der Waals surface area contributed by atoms with Gasteiger partial charge in [0.1, 0.15) is 0 Å². The number of hydrogen-bond donors (Lipinski definition) is 1. The number of para-hydroxylation sites is 1. The Morgan fingerprint density at radius 1 is 1.07 bits per heavy atom. The van der Waals surface area contributed by atoms with Gasteiger partial charge in [-0.1, -0.05) is 18.2 Å². The third-order valence-corrected chi connectivity index (χ3v) is 5.33. The molecule has 1 aliphatic heterocycles. The second kappa shape index (κ2) is 9.85. The topological polar surface area (TPSA) is 68.9 Å². The van der Waals surface area contributed by atoms with Crippen LogP contribution < -0.4 is 14.7 Å². The van der Waals surface area contributed by atoms with Crippen LogP contribution in [0.3, 0.4) is 0 Å². The van der Waals surface area contributed by atoms with Crippen LogP contribution in [0.2, 0.25) is 0 Å². The van der Waals surface area contributed by atoms with Crippen molar-refractivity contribution >= 4 is 23.1 Å². The van der Waals surface area contributed by atoms with Gasteiger partial charge in [-0.2, -0.15) is 5.26 Å². The first-order valence-electron chi connectivity index (χ1n) is 10.0. The molecule has 29 heavy (non-hydrogen) atoms. The molecule has 1 heterocycles. The monoisotopic (exact) mass is 391 g/mol. The molecular formula is C23H27N4O2+. The normalized spacial score (nSPS) is 14.3. The number of nitrogens with zero attached hydrogens (tertiary/aromatic N) is 3. The van der Waals surface area contributed by atoms with Crippen LogP contribution in [-0.4, -0.2) is 51.0 Å². The van der Waals surface area contributed by atoms with Crippen molar-refractivity contribution in [2.75, 3.05) is 49.1 Å². The summed E-state index contributed by atoms with van der Waals surface area (Å²) >= 11 is 0. The van der Waals surface area contributed by atoms with Gasteiger partial charge in [-0.3, -0.25) is 9.59 Å². The molecule has 1 fully saturated rings. The number of benzene rings is 2. The van der Waals surface area contributed by atoms with Crippen LogP contribution in [0.4, 0.5) is 11.4 Å². The first kappa shape index (κ1) is 20.6. The van der Waals surface area contributed by atoms with E-state index in [0.29, 0.717) is 19.5 Å². The van der Waals surface area contributed by atoms with Crippen molar-refractivity contribution in [2.45, 2.75) is 13.3 Å². The molecule has 0 saturated carbocycles. The van der Waals surface area contributed by atoms with Crippen molar-refractivity contribution in [1.82, 2.24) is 0 Å². The van der Waals surface area contributed by atoms with Gasteiger partial charge in [0.05, 0.1) is 38.7 Å². The van der Waals surface area contributed by atoms with Crippen molar-refractivity contribution in [3.63, 3.8) is 0 Å². The molecule has 3 rings (SSSR count). The zero-order chi connectivity index (χ0) is 20.6. The van der Waals surface area contributed by atoms with Crippen molar-refractivity contribution in [3.05, 3.63) is 60.2 Å². The fourth-order valence-corrected chi connectivity index (χ4v) is 3.64. The summed E-state index contributed by atoms with van der Waals surface area (Å²) in [5.74, 6) is 0.129. The van der Waals surface area contributed by atoms with Crippen LogP contribution in [0.15, 0.2) is 54.6 Å². The van der Waals surface area contributed by atoms with Gasteiger partial charge in [-0.15, -0.1) is 0 Å². The molecule has 0 bridgehead atoms. The molecule has 0 spiro atoms. The van der Waals surface area contributed by atoms with Crippen LogP contribution in [0.5, 0.6) is 0 Å². The molecule has 150 valence electrons. The lowest BCUT2D eigenvalue weighted by Gasteiger charge is -2.34. The third-order valence-electron chi connectivity index (χ3n) is 5.33. The maximum absolute atomic E-state index is 12.9. The molecule has 2 aromatic rings. The number of amides is 1. The van der Waals surface area contributed by atoms with E-state index in [-0.39, 0.29) is 11.7 Å². The van der Waals surface area contributed by atoms with E-state index in [1.807, 2.05) is 54.6 Å². The van der Waals surface area contributed by atoms with Crippen molar-refractivity contribution in [1.29, 1.82) is 5.26 Å². The van der Waals surface area contributed by atoms with E-state index in [1.54, 1.807) is 11.8 Å². The molecule has 6 heteroatoms. The Kier molecular flexibility index (Phi) is 6.99. The Morgan fingerprint density at radius 3 is 2.31 bits per heavy atom. The smallest absolute Gasteiger partial charge is 0.282 e. The Morgan fingerprint density at radius 2 is 1.72 bits per heavy atom. The van der Waals surface area contributed by atoms with Gasteiger partial charge >= 0.3 is 0 Å². The summed E-state index contributed by atoms with van der Waals surface area (Å²) in [7, 11) is 0. The quantitative estimate of drug-likeness (QED) is 0.727. The first-order valence-corrected chi connectivity index (χ1v) is 10.0. The van der Waals surface area contributed by atoms with Gasteiger partial charge in [0.15, 0.2) is 12.3 Å². The largest absolute Gasteiger partial charge is 0.360 e. The highest BCUT2D eigenvalue weighted by atomic mass is 16.2. The SMILES string of the molecule is CC(=O)c1ccc(N2CC[NH+](CC(=O)N(CCC#N)c3ccccc3)CC2)cc1. The standard InChI is InChI=1S/C23H26N4O2/c1-19(28)20-8-10-21(11-9-20)26-16-14-25(15-17-26)18-23(29)27(13-5-12-24)22-6-3-2-4-7-22/h2-4,6-11H,5,13-18H2,1H3/p+1. The van der Waals surface area contributed by atoms with E-state index >= 15 is 0 Å². The van der Waals surface area contributed by atoms with Crippen LogP contribution in [0, 0.1) is 11.3 Å². The highest BCUT2D eigenvalue weighted by Crippen LogP contribution is 2.16. The zero-order valence-electron chi connectivity index (χ0n) is 16.8. The summed E-state index contributed by atoms with van der Waals surface area (Å²) in [6.07, 6.45) is 0.319. The second-order valence-electron chi connectivity index (χ2n) is 7.31. The van der Waals surface area contributed by atoms with Crippen molar-refractivity contribution in [3.8, 4) is 6.07 Å². The second-order valence-corrected chi connectivity index (χ2v) is 7.31. The molecule has 1 amide bonds. The number of nitriles is 1. The van der Waals surface area contributed by atoms with E-state index in [1.165, 1.54) is 4.90 Å². The molecule has 2 aromatic carbocycles. The van der Waals surface area contributed by atoms with Crippen molar-refractivity contribution < 1.29 is 14.5 Å².